The van der Waals surface area contributed by atoms with Crippen LogP contribution in [0.2, 0.25) is 0 Å². The zero-order chi connectivity index (χ0) is 10.7. The van der Waals surface area contributed by atoms with E-state index in [-0.39, 0.29) is 12.8 Å². The van der Waals surface area contributed by atoms with E-state index in [1.54, 1.807) is 5.43 Å². The van der Waals surface area contributed by atoms with Crippen LogP contribution in [0.3, 0.4) is 0 Å². The number of hydrogen-bond donors (Lipinski definition) is 2. The molecular formula is C7H8F2N2O3. The monoisotopic (exact) mass is 206 g/mol. The normalized spacial score (nSPS) is 20.2. The van der Waals surface area contributed by atoms with Crippen LogP contribution in [0.15, 0.2) is 5.10 Å². The standard InChI is InChI=1S/C7H8F2N2O3/c8-5(9)6(12)11-10-4-1-3(2-4)7(13)14/h3,5H,1-2H2,(H,11,12)(H,13,14). The van der Waals surface area contributed by atoms with E-state index in [1.165, 1.54) is 0 Å². The molecule has 1 amide bonds. The van der Waals surface area contributed by atoms with Crippen LogP contribution >= 0.6 is 0 Å². The predicted molar refractivity (Wildman–Crippen MR) is 41.9 cm³/mol. The van der Waals surface area contributed by atoms with E-state index < -0.39 is 24.2 Å². The maximum Gasteiger partial charge on any atom is 0.317 e. The van der Waals surface area contributed by atoms with Crippen molar-refractivity contribution in [3.63, 3.8) is 0 Å². The molecule has 0 saturated heterocycles. The van der Waals surface area contributed by atoms with Crippen molar-refractivity contribution >= 4 is 17.6 Å². The average Bonchev–Trinajstić information content (AvgIpc) is 1.99. The lowest BCUT2D eigenvalue weighted by atomic mass is 9.83. The summed E-state index contributed by atoms with van der Waals surface area (Å²) in [7, 11) is 0. The average molecular weight is 206 g/mol. The zero-order valence-electron chi connectivity index (χ0n) is 7.04. The molecule has 0 radical (unpaired) electrons. The van der Waals surface area contributed by atoms with Crippen LogP contribution in [0.4, 0.5) is 8.78 Å². The van der Waals surface area contributed by atoms with Crippen LogP contribution in [0.1, 0.15) is 12.8 Å². The molecule has 0 heterocycles. The number of hydrogen-bond acceptors (Lipinski definition) is 3. The summed E-state index contributed by atoms with van der Waals surface area (Å²) < 4.78 is 23.3. The van der Waals surface area contributed by atoms with Gasteiger partial charge in [-0.15, -0.1) is 0 Å². The van der Waals surface area contributed by atoms with Crippen LogP contribution in [-0.4, -0.2) is 29.1 Å². The first-order valence-corrected chi connectivity index (χ1v) is 3.87. The van der Waals surface area contributed by atoms with E-state index in [1.807, 2.05) is 0 Å². The molecular weight excluding hydrogens is 198 g/mol. The van der Waals surface area contributed by atoms with Gasteiger partial charge in [-0.3, -0.25) is 9.59 Å². The molecule has 14 heavy (non-hydrogen) atoms. The predicted octanol–water partition coefficient (Wildman–Crippen LogP) is 0.218. The molecule has 1 rings (SSSR count). The molecule has 7 heteroatoms. The number of carbonyl (C=O) groups excluding carboxylic acids is 1. The van der Waals surface area contributed by atoms with Gasteiger partial charge in [0, 0.05) is 18.6 Å². The molecule has 0 aromatic rings. The highest BCUT2D eigenvalue weighted by Crippen LogP contribution is 2.23. The second kappa shape index (κ2) is 4.12. The third-order valence-electron chi connectivity index (χ3n) is 1.84. The minimum Gasteiger partial charge on any atom is -0.481 e. The molecule has 0 unspecified atom stereocenters. The second-order valence-electron chi connectivity index (χ2n) is 2.90. The van der Waals surface area contributed by atoms with Crippen LogP contribution < -0.4 is 5.43 Å². The molecule has 0 aliphatic heterocycles. The summed E-state index contributed by atoms with van der Waals surface area (Å²) in [5.74, 6) is -2.92. The van der Waals surface area contributed by atoms with Crippen molar-refractivity contribution in [3.05, 3.63) is 0 Å². The van der Waals surface area contributed by atoms with Crippen molar-refractivity contribution in [2.24, 2.45) is 11.0 Å². The Morgan fingerprint density at radius 2 is 2.07 bits per heavy atom. The van der Waals surface area contributed by atoms with E-state index in [4.69, 9.17) is 5.11 Å². The van der Waals surface area contributed by atoms with Gasteiger partial charge in [0.2, 0.25) is 0 Å². The minimum atomic E-state index is -3.10. The van der Waals surface area contributed by atoms with Crippen molar-refractivity contribution in [2.45, 2.75) is 19.3 Å². The highest BCUT2D eigenvalue weighted by molar-refractivity contribution is 5.98. The molecule has 5 nitrogen and oxygen atoms in total. The molecule has 1 aliphatic carbocycles. The SMILES string of the molecule is O=C(NN=C1CC(C(=O)O)C1)C(F)F. The highest BCUT2D eigenvalue weighted by atomic mass is 19.3. The van der Waals surface area contributed by atoms with Gasteiger partial charge >= 0.3 is 18.3 Å². The van der Waals surface area contributed by atoms with E-state index in [0.717, 1.165) is 0 Å². The van der Waals surface area contributed by atoms with Crippen molar-refractivity contribution in [1.29, 1.82) is 0 Å². The summed E-state index contributed by atoms with van der Waals surface area (Å²) in [5, 5.41) is 11.8. The maximum absolute atomic E-state index is 11.6. The molecule has 0 aromatic heterocycles. The number of aliphatic carboxylic acids is 1. The van der Waals surface area contributed by atoms with Gasteiger partial charge in [0.05, 0.1) is 5.92 Å². The zero-order valence-corrected chi connectivity index (χ0v) is 7.04. The molecule has 1 fully saturated rings. The summed E-state index contributed by atoms with van der Waals surface area (Å²) in [5.41, 5.74) is 2.07. The Morgan fingerprint density at radius 1 is 1.50 bits per heavy atom. The number of carboxylic acids is 1. The van der Waals surface area contributed by atoms with Gasteiger partial charge in [0.1, 0.15) is 0 Å². The quantitative estimate of drug-likeness (QED) is 0.648. The number of rotatable bonds is 3. The minimum absolute atomic E-state index is 0.207. The third-order valence-corrected chi connectivity index (χ3v) is 1.84. The molecule has 0 bridgehead atoms. The second-order valence-corrected chi connectivity index (χ2v) is 2.90. The van der Waals surface area contributed by atoms with E-state index >= 15 is 0 Å². The lowest BCUT2D eigenvalue weighted by Crippen LogP contribution is -2.34. The van der Waals surface area contributed by atoms with Gasteiger partial charge in [-0.05, 0) is 0 Å². The fourth-order valence-electron chi connectivity index (χ4n) is 0.958. The summed E-state index contributed by atoms with van der Waals surface area (Å²) >= 11 is 0. The van der Waals surface area contributed by atoms with Crippen molar-refractivity contribution in [3.8, 4) is 0 Å². The number of nitrogens with one attached hydrogen (secondary N) is 1. The fraction of sp³-hybridized carbons (Fsp3) is 0.571. The Hall–Kier alpha value is -1.53. The summed E-state index contributed by atoms with van der Waals surface area (Å²) in [6, 6.07) is 0. The number of nitrogens with zero attached hydrogens (tertiary/aromatic N) is 1. The van der Waals surface area contributed by atoms with Gasteiger partial charge < -0.3 is 5.11 Å². The summed E-state index contributed by atoms with van der Waals surface area (Å²) in [4.78, 5) is 20.6. The number of halogens is 2. The van der Waals surface area contributed by atoms with E-state index in [2.05, 4.69) is 5.10 Å². The molecule has 0 aromatic carbocycles. The van der Waals surface area contributed by atoms with Crippen LogP contribution in [-0.2, 0) is 9.59 Å². The Morgan fingerprint density at radius 3 is 2.50 bits per heavy atom. The smallest absolute Gasteiger partial charge is 0.317 e. The number of carboxylic acid groups (broad SMARTS) is 1. The van der Waals surface area contributed by atoms with Crippen molar-refractivity contribution < 1.29 is 23.5 Å². The number of amides is 1. The first kappa shape index (κ1) is 10.6. The van der Waals surface area contributed by atoms with Crippen LogP contribution in [0.25, 0.3) is 0 Å². The molecule has 0 atom stereocenters. The van der Waals surface area contributed by atoms with E-state index in [0.29, 0.717) is 5.71 Å². The number of carbonyl (C=O) groups is 2. The Bertz CT molecular complexity index is 283. The highest BCUT2D eigenvalue weighted by Gasteiger charge is 2.31. The summed E-state index contributed by atoms with van der Waals surface area (Å²) in [6.45, 7) is 0. The van der Waals surface area contributed by atoms with Crippen LogP contribution in [0, 0.1) is 5.92 Å². The number of alkyl halides is 2. The largest absolute Gasteiger partial charge is 0.481 e. The molecule has 2 N–H and O–H groups in total. The van der Waals surface area contributed by atoms with Gasteiger partial charge in [0.25, 0.3) is 0 Å². The topological polar surface area (TPSA) is 78.8 Å². The van der Waals surface area contributed by atoms with Gasteiger partial charge in [-0.2, -0.15) is 13.9 Å². The first-order valence-electron chi connectivity index (χ1n) is 3.87. The Balaban J connectivity index is 2.30. The number of hydrazone groups is 1. The summed E-state index contributed by atoms with van der Waals surface area (Å²) in [6.07, 6.45) is -2.69. The van der Waals surface area contributed by atoms with Crippen LogP contribution in [0.5, 0.6) is 0 Å². The fourth-order valence-corrected chi connectivity index (χ4v) is 0.958. The lowest BCUT2D eigenvalue weighted by molar-refractivity contribution is -0.142. The van der Waals surface area contributed by atoms with E-state index in [9.17, 15) is 18.4 Å². The molecule has 78 valence electrons. The maximum atomic E-state index is 11.6. The Labute approximate surface area is 77.8 Å². The van der Waals surface area contributed by atoms with Gasteiger partial charge in [-0.1, -0.05) is 0 Å². The molecule has 1 saturated carbocycles. The van der Waals surface area contributed by atoms with Gasteiger partial charge in [0.15, 0.2) is 0 Å². The Kier molecular flexibility index (Phi) is 3.10. The lowest BCUT2D eigenvalue weighted by Gasteiger charge is -2.23. The third kappa shape index (κ3) is 2.48. The van der Waals surface area contributed by atoms with Crippen molar-refractivity contribution in [1.82, 2.24) is 5.43 Å². The van der Waals surface area contributed by atoms with Crippen molar-refractivity contribution in [2.75, 3.05) is 0 Å². The van der Waals surface area contributed by atoms with Gasteiger partial charge in [-0.25, -0.2) is 5.43 Å². The molecule has 0 spiro atoms. The first-order chi connectivity index (χ1) is 6.50. The molecule has 1 aliphatic rings.